The van der Waals surface area contributed by atoms with Crippen LogP contribution in [-0.2, 0) is 9.53 Å². The van der Waals surface area contributed by atoms with E-state index in [1.807, 2.05) is 36.4 Å². The molecule has 3 atom stereocenters. The summed E-state index contributed by atoms with van der Waals surface area (Å²) in [6.45, 7) is 0.997. The van der Waals surface area contributed by atoms with Crippen LogP contribution in [-0.4, -0.2) is 52.8 Å². The quantitative estimate of drug-likeness (QED) is 0.884. The zero-order chi connectivity index (χ0) is 19.5. The second-order valence-corrected chi connectivity index (χ2v) is 7.35. The molecule has 2 saturated heterocycles. The molecule has 0 radical (unpaired) electrons. The van der Waals surface area contributed by atoms with Crippen molar-refractivity contribution in [1.82, 2.24) is 9.88 Å². The van der Waals surface area contributed by atoms with Crippen LogP contribution in [0.3, 0.4) is 0 Å². The molecule has 4 rings (SSSR count). The van der Waals surface area contributed by atoms with Gasteiger partial charge in [-0.1, -0.05) is 30.3 Å². The van der Waals surface area contributed by atoms with Gasteiger partial charge in [0.25, 0.3) is 0 Å². The van der Waals surface area contributed by atoms with Crippen molar-refractivity contribution >= 4 is 5.91 Å². The van der Waals surface area contributed by atoms with Gasteiger partial charge in [0.2, 0.25) is 5.91 Å². The van der Waals surface area contributed by atoms with Crippen molar-refractivity contribution < 1.29 is 14.6 Å². The molecule has 2 fully saturated rings. The summed E-state index contributed by atoms with van der Waals surface area (Å²) in [7, 11) is 0. The molecule has 0 aliphatic carbocycles. The van der Waals surface area contributed by atoms with Crippen LogP contribution in [0.4, 0.5) is 0 Å². The summed E-state index contributed by atoms with van der Waals surface area (Å²) < 4.78 is 5.34. The van der Waals surface area contributed by atoms with E-state index in [0.29, 0.717) is 26.1 Å². The first-order valence-electron chi connectivity index (χ1n) is 9.65. The van der Waals surface area contributed by atoms with Crippen molar-refractivity contribution in [3.63, 3.8) is 0 Å². The van der Waals surface area contributed by atoms with Gasteiger partial charge in [-0.15, -0.1) is 0 Å². The number of pyridine rings is 1. The maximum absolute atomic E-state index is 12.9. The number of benzene rings is 1. The second kappa shape index (κ2) is 8.09. The first-order valence-corrected chi connectivity index (χ1v) is 9.65. The lowest BCUT2D eigenvalue weighted by Crippen LogP contribution is -2.66. The third-order valence-electron chi connectivity index (χ3n) is 5.85. The molecule has 0 spiro atoms. The largest absolute Gasteiger partial charge is 0.394 e. The summed E-state index contributed by atoms with van der Waals surface area (Å²) in [6, 6.07) is 13.2. The first kappa shape index (κ1) is 18.6. The highest BCUT2D eigenvalue weighted by atomic mass is 16.5. The van der Waals surface area contributed by atoms with Gasteiger partial charge in [-0.25, -0.2) is 0 Å². The van der Waals surface area contributed by atoms with Gasteiger partial charge in [0, 0.05) is 37.4 Å². The fraction of sp³-hybridized carbons (Fsp3) is 0.409. The van der Waals surface area contributed by atoms with E-state index < -0.39 is 6.04 Å². The average Bonchev–Trinajstić information content (AvgIpc) is 2.75. The molecule has 2 aromatic rings. The average molecular weight is 377 g/mol. The minimum absolute atomic E-state index is 0.0304. The zero-order valence-corrected chi connectivity index (χ0v) is 15.6. The Hall–Kier alpha value is -2.75. The lowest BCUT2D eigenvalue weighted by atomic mass is 9.74. The van der Waals surface area contributed by atoms with Gasteiger partial charge in [0.15, 0.2) is 0 Å². The smallest absolute Gasteiger partial charge is 0.227 e. The van der Waals surface area contributed by atoms with Crippen molar-refractivity contribution in [3.05, 3.63) is 54.4 Å². The molecule has 28 heavy (non-hydrogen) atoms. The van der Waals surface area contributed by atoms with Gasteiger partial charge >= 0.3 is 0 Å². The molecule has 1 aromatic carbocycles. The van der Waals surface area contributed by atoms with E-state index in [1.165, 1.54) is 0 Å². The number of aliphatic hydroxyl groups excluding tert-OH is 1. The topological polar surface area (TPSA) is 86.5 Å². The Morgan fingerprint density at radius 3 is 2.57 bits per heavy atom. The highest BCUT2D eigenvalue weighted by molar-refractivity contribution is 5.81. The second-order valence-electron chi connectivity index (χ2n) is 7.35. The predicted molar refractivity (Wildman–Crippen MR) is 103 cm³/mol. The number of nitrogens with zero attached hydrogens (tertiary/aromatic N) is 3. The number of rotatable bonds is 4. The normalized spacial score (nSPS) is 25.0. The molecule has 2 aliphatic heterocycles. The third-order valence-corrected chi connectivity index (χ3v) is 5.85. The molecule has 0 unspecified atom stereocenters. The Kier molecular flexibility index (Phi) is 5.38. The van der Waals surface area contributed by atoms with Crippen molar-refractivity contribution in [2.75, 3.05) is 19.8 Å². The van der Waals surface area contributed by atoms with Crippen molar-refractivity contribution in [3.8, 4) is 17.2 Å². The van der Waals surface area contributed by atoms with E-state index in [-0.39, 0.29) is 30.4 Å². The lowest BCUT2D eigenvalue weighted by Gasteiger charge is -2.52. The molecule has 1 aromatic heterocycles. The van der Waals surface area contributed by atoms with Crippen LogP contribution in [0.5, 0.6) is 0 Å². The standard InChI is InChI=1S/C22H23N3O3/c23-12-19-21(16-5-3-15(4-6-16)18-2-1-9-24-13-18)20(14-26)25(19)22(27)17-7-10-28-11-8-17/h1-6,9,13,17,19-21,26H,7-8,10-11,14H2/t19-,20+,21+/m1/s1. The van der Waals surface area contributed by atoms with Crippen LogP contribution in [0, 0.1) is 17.2 Å². The van der Waals surface area contributed by atoms with E-state index in [1.54, 1.807) is 17.3 Å². The van der Waals surface area contributed by atoms with Gasteiger partial charge in [-0.05, 0) is 35.6 Å². The number of hydrogen-bond acceptors (Lipinski definition) is 5. The monoisotopic (exact) mass is 377 g/mol. The Morgan fingerprint density at radius 1 is 1.21 bits per heavy atom. The minimum Gasteiger partial charge on any atom is -0.394 e. The zero-order valence-electron chi connectivity index (χ0n) is 15.6. The molecule has 1 amide bonds. The van der Waals surface area contributed by atoms with Crippen LogP contribution < -0.4 is 0 Å². The Balaban J connectivity index is 1.54. The van der Waals surface area contributed by atoms with Crippen LogP contribution in [0.1, 0.15) is 24.3 Å². The number of hydrogen-bond donors (Lipinski definition) is 1. The van der Waals surface area contributed by atoms with E-state index in [9.17, 15) is 15.2 Å². The van der Waals surface area contributed by atoms with Crippen molar-refractivity contribution in [2.45, 2.75) is 30.8 Å². The van der Waals surface area contributed by atoms with Crippen LogP contribution in [0.25, 0.3) is 11.1 Å². The Morgan fingerprint density at radius 2 is 1.96 bits per heavy atom. The number of aliphatic hydroxyl groups is 1. The van der Waals surface area contributed by atoms with E-state index >= 15 is 0 Å². The summed E-state index contributed by atoms with van der Waals surface area (Å²) in [6.07, 6.45) is 4.90. The summed E-state index contributed by atoms with van der Waals surface area (Å²) >= 11 is 0. The third kappa shape index (κ3) is 3.28. The molecule has 6 nitrogen and oxygen atoms in total. The van der Waals surface area contributed by atoms with Gasteiger partial charge in [0.1, 0.15) is 6.04 Å². The summed E-state index contributed by atoms with van der Waals surface area (Å²) in [5.74, 6) is -0.327. The highest BCUT2D eigenvalue weighted by Crippen LogP contribution is 2.42. The number of carbonyl (C=O) groups is 1. The molecule has 0 bridgehead atoms. The summed E-state index contributed by atoms with van der Waals surface area (Å²) in [5, 5.41) is 19.7. The fourth-order valence-electron chi connectivity index (χ4n) is 4.30. The van der Waals surface area contributed by atoms with E-state index in [2.05, 4.69) is 11.1 Å². The van der Waals surface area contributed by atoms with Crippen LogP contribution in [0.2, 0.25) is 0 Å². The molecule has 2 aliphatic rings. The first-order chi connectivity index (χ1) is 13.7. The summed E-state index contributed by atoms with van der Waals surface area (Å²) in [4.78, 5) is 18.7. The number of ether oxygens (including phenoxy) is 1. The summed E-state index contributed by atoms with van der Waals surface area (Å²) in [5.41, 5.74) is 3.03. The van der Waals surface area contributed by atoms with Crippen molar-refractivity contribution in [2.24, 2.45) is 5.92 Å². The molecular formula is C22H23N3O3. The van der Waals surface area contributed by atoms with Crippen molar-refractivity contribution in [1.29, 1.82) is 5.26 Å². The van der Waals surface area contributed by atoms with Gasteiger partial charge in [0.05, 0.1) is 18.7 Å². The maximum atomic E-state index is 12.9. The van der Waals surface area contributed by atoms with Crippen LogP contribution in [0.15, 0.2) is 48.8 Å². The molecule has 0 saturated carbocycles. The molecule has 1 N–H and O–H groups in total. The van der Waals surface area contributed by atoms with Gasteiger partial charge in [-0.2, -0.15) is 5.26 Å². The number of amides is 1. The van der Waals surface area contributed by atoms with E-state index in [0.717, 1.165) is 16.7 Å². The SMILES string of the molecule is N#C[C@@H]1[C@H](c2ccc(-c3cccnc3)cc2)[C@H](CO)N1C(=O)C1CCOCC1. The predicted octanol–water partition coefficient (Wildman–Crippen LogP) is 2.35. The minimum atomic E-state index is -0.545. The molecular weight excluding hydrogens is 354 g/mol. The number of nitriles is 1. The van der Waals surface area contributed by atoms with E-state index in [4.69, 9.17) is 4.74 Å². The Bertz CT molecular complexity index is 857. The van der Waals surface area contributed by atoms with Crippen LogP contribution >= 0.6 is 0 Å². The molecule has 6 heteroatoms. The lowest BCUT2D eigenvalue weighted by molar-refractivity contribution is -0.154. The molecule has 3 heterocycles. The number of likely N-dealkylation sites (tertiary alicyclic amines) is 1. The number of carbonyl (C=O) groups excluding carboxylic acids is 1. The molecule has 144 valence electrons. The maximum Gasteiger partial charge on any atom is 0.227 e. The van der Waals surface area contributed by atoms with Gasteiger partial charge in [-0.3, -0.25) is 9.78 Å². The Labute approximate surface area is 164 Å². The fourth-order valence-corrected chi connectivity index (χ4v) is 4.30. The number of aromatic nitrogens is 1. The van der Waals surface area contributed by atoms with Gasteiger partial charge < -0.3 is 14.7 Å². The highest BCUT2D eigenvalue weighted by Gasteiger charge is 2.52.